The Hall–Kier alpha value is -2.31. The zero-order valence-corrected chi connectivity index (χ0v) is 18.3. The SMILES string of the molecule is CCN1CCCCC1.CSc1ccc(-c2nnc(N)c3ccc(C)cc23)c(O)c1. The van der Waals surface area contributed by atoms with Crippen molar-refractivity contribution >= 4 is 28.4 Å². The third-order valence-corrected chi connectivity index (χ3v) is 6.05. The second kappa shape index (κ2) is 9.94. The van der Waals surface area contributed by atoms with Crippen LogP contribution in [-0.2, 0) is 0 Å². The van der Waals surface area contributed by atoms with Gasteiger partial charge >= 0.3 is 0 Å². The van der Waals surface area contributed by atoms with Crippen molar-refractivity contribution in [3.05, 3.63) is 42.0 Å². The van der Waals surface area contributed by atoms with E-state index in [4.69, 9.17) is 5.73 Å². The third-order valence-electron chi connectivity index (χ3n) is 5.32. The number of fused-ring (bicyclic) bond motifs is 1. The van der Waals surface area contributed by atoms with Gasteiger partial charge in [-0.05, 0) is 69.9 Å². The molecule has 0 aliphatic carbocycles. The highest BCUT2D eigenvalue weighted by Crippen LogP contribution is 2.36. The molecule has 6 heteroatoms. The van der Waals surface area contributed by atoms with E-state index in [0.29, 0.717) is 17.1 Å². The molecule has 0 radical (unpaired) electrons. The third kappa shape index (κ3) is 5.19. The van der Waals surface area contributed by atoms with Crippen molar-refractivity contribution in [2.45, 2.75) is 38.0 Å². The Bertz CT molecular complexity index is 970. The highest BCUT2D eigenvalue weighted by atomic mass is 32.2. The molecule has 0 spiro atoms. The minimum absolute atomic E-state index is 0.198. The van der Waals surface area contributed by atoms with Crippen LogP contribution in [0.1, 0.15) is 31.7 Å². The molecule has 1 aliphatic heterocycles. The molecule has 1 saturated heterocycles. The lowest BCUT2D eigenvalue weighted by atomic mass is 10.0. The van der Waals surface area contributed by atoms with Crippen molar-refractivity contribution < 1.29 is 5.11 Å². The fraction of sp³-hybridized carbons (Fsp3) is 0.391. The fourth-order valence-corrected chi connectivity index (χ4v) is 4.04. The molecule has 1 fully saturated rings. The van der Waals surface area contributed by atoms with Crippen LogP contribution in [0, 0.1) is 6.92 Å². The van der Waals surface area contributed by atoms with Gasteiger partial charge in [0.2, 0.25) is 0 Å². The highest BCUT2D eigenvalue weighted by molar-refractivity contribution is 7.98. The molecule has 5 nitrogen and oxygen atoms in total. The number of phenolic OH excluding ortho intramolecular Hbond substituents is 1. The van der Waals surface area contributed by atoms with Crippen LogP contribution >= 0.6 is 11.8 Å². The number of rotatable bonds is 3. The number of nitrogens with zero attached hydrogens (tertiary/aromatic N) is 3. The van der Waals surface area contributed by atoms with Crippen LogP contribution in [0.25, 0.3) is 22.0 Å². The van der Waals surface area contributed by atoms with Gasteiger partial charge in [0.1, 0.15) is 11.4 Å². The van der Waals surface area contributed by atoms with Gasteiger partial charge in [0.25, 0.3) is 0 Å². The van der Waals surface area contributed by atoms with Gasteiger partial charge in [-0.25, -0.2) is 0 Å². The Morgan fingerprint density at radius 1 is 1.03 bits per heavy atom. The lowest BCUT2D eigenvalue weighted by molar-refractivity contribution is 0.240. The number of nitrogens with two attached hydrogens (primary N) is 1. The normalized spacial score (nSPS) is 14.4. The topological polar surface area (TPSA) is 75.3 Å². The minimum Gasteiger partial charge on any atom is -0.507 e. The first kappa shape index (κ1) is 21.4. The predicted octanol–water partition coefficient (Wildman–Crippen LogP) is 5.11. The first-order chi connectivity index (χ1) is 14.0. The predicted molar refractivity (Wildman–Crippen MR) is 124 cm³/mol. The monoisotopic (exact) mass is 410 g/mol. The summed E-state index contributed by atoms with van der Waals surface area (Å²) in [5, 5.41) is 20.2. The van der Waals surface area contributed by atoms with Crippen LogP contribution in [0.5, 0.6) is 5.75 Å². The first-order valence-electron chi connectivity index (χ1n) is 10.2. The number of thioether (sulfide) groups is 1. The number of aromatic nitrogens is 2. The first-order valence-corrected chi connectivity index (χ1v) is 11.4. The second-order valence-electron chi connectivity index (χ2n) is 7.36. The lowest BCUT2D eigenvalue weighted by Gasteiger charge is -2.24. The average Bonchev–Trinajstić information content (AvgIpc) is 2.75. The summed E-state index contributed by atoms with van der Waals surface area (Å²) in [5.41, 5.74) is 8.31. The van der Waals surface area contributed by atoms with E-state index >= 15 is 0 Å². The Balaban J connectivity index is 0.000000252. The number of piperidine rings is 1. The second-order valence-corrected chi connectivity index (χ2v) is 8.24. The quantitative estimate of drug-likeness (QED) is 0.585. The van der Waals surface area contributed by atoms with Crippen LogP contribution in [0.15, 0.2) is 41.3 Å². The summed E-state index contributed by atoms with van der Waals surface area (Å²) in [6.07, 6.45) is 6.27. The number of hydrogen-bond donors (Lipinski definition) is 2. The van der Waals surface area contributed by atoms with Gasteiger partial charge in [-0.2, -0.15) is 0 Å². The molecule has 29 heavy (non-hydrogen) atoms. The van der Waals surface area contributed by atoms with Gasteiger partial charge in [-0.3, -0.25) is 0 Å². The number of nitrogen functional groups attached to an aromatic ring is 1. The summed E-state index contributed by atoms with van der Waals surface area (Å²) >= 11 is 1.58. The maximum absolute atomic E-state index is 10.3. The molecule has 154 valence electrons. The minimum atomic E-state index is 0.198. The number of aromatic hydroxyl groups is 1. The highest BCUT2D eigenvalue weighted by Gasteiger charge is 2.13. The number of phenols is 1. The van der Waals surface area contributed by atoms with E-state index < -0.39 is 0 Å². The molecule has 0 saturated carbocycles. The largest absolute Gasteiger partial charge is 0.507 e. The zero-order valence-electron chi connectivity index (χ0n) is 17.5. The van der Waals surface area contributed by atoms with E-state index in [2.05, 4.69) is 22.0 Å². The fourth-order valence-electron chi connectivity index (χ4n) is 3.60. The van der Waals surface area contributed by atoms with Crippen LogP contribution in [0.2, 0.25) is 0 Å². The summed E-state index contributed by atoms with van der Waals surface area (Å²) in [6.45, 7) is 8.19. The molecule has 2 heterocycles. The van der Waals surface area contributed by atoms with E-state index in [1.165, 1.54) is 38.9 Å². The van der Waals surface area contributed by atoms with Crippen molar-refractivity contribution in [3.63, 3.8) is 0 Å². The molecule has 0 bridgehead atoms. The molecule has 1 aliphatic rings. The van der Waals surface area contributed by atoms with Crippen LogP contribution in [-0.4, -0.2) is 46.1 Å². The Kier molecular flexibility index (Phi) is 7.34. The number of aryl methyl sites for hydroxylation is 1. The molecular weight excluding hydrogens is 380 g/mol. The van der Waals surface area contributed by atoms with Gasteiger partial charge in [-0.15, -0.1) is 22.0 Å². The van der Waals surface area contributed by atoms with Crippen LogP contribution < -0.4 is 5.73 Å². The van der Waals surface area contributed by atoms with Gasteiger partial charge < -0.3 is 15.7 Å². The molecule has 3 aromatic rings. The van der Waals surface area contributed by atoms with E-state index in [-0.39, 0.29) is 5.75 Å². The standard InChI is InChI=1S/C16H15N3OS.C7H15N/c1-9-3-5-11-13(7-9)15(18-19-16(11)17)12-6-4-10(21-2)8-14(12)20;1-2-8-6-4-3-5-7-8/h3-8,20H,1-2H3,(H2,17,19);2-7H2,1H3. The van der Waals surface area contributed by atoms with E-state index in [1.807, 2.05) is 43.5 Å². The molecule has 1 aromatic heterocycles. The van der Waals surface area contributed by atoms with Crippen molar-refractivity contribution in [1.29, 1.82) is 0 Å². The van der Waals surface area contributed by atoms with E-state index in [9.17, 15) is 5.11 Å². The number of hydrogen-bond acceptors (Lipinski definition) is 6. The van der Waals surface area contributed by atoms with E-state index in [0.717, 1.165) is 21.2 Å². The van der Waals surface area contributed by atoms with Crippen molar-refractivity contribution in [1.82, 2.24) is 15.1 Å². The smallest absolute Gasteiger partial charge is 0.154 e. The Morgan fingerprint density at radius 2 is 1.79 bits per heavy atom. The summed E-state index contributed by atoms with van der Waals surface area (Å²) in [6, 6.07) is 11.5. The lowest BCUT2D eigenvalue weighted by Crippen LogP contribution is -2.29. The number of anilines is 1. The van der Waals surface area contributed by atoms with Gasteiger partial charge in [0, 0.05) is 21.2 Å². The van der Waals surface area contributed by atoms with Gasteiger partial charge in [0.15, 0.2) is 5.82 Å². The summed E-state index contributed by atoms with van der Waals surface area (Å²) in [7, 11) is 0. The molecule has 0 unspecified atom stereocenters. The maximum Gasteiger partial charge on any atom is 0.154 e. The summed E-state index contributed by atoms with van der Waals surface area (Å²) in [5.74, 6) is 0.595. The van der Waals surface area contributed by atoms with Crippen LogP contribution in [0.4, 0.5) is 5.82 Å². The average molecular weight is 411 g/mol. The number of likely N-dealkylation sites (tertiary alicyclic amines) is 1. The molecule has 3 N–H and O–H groups in total. The Labute approximate surface area is 177 Å². The molecule has 0 amide bonds. The van der Waals surface area contributed by atoms with Crippen LogP contribution in [0.3, 0.4) is 0 Å². The maximum atomic E-state index is 10.3. The molecular formula is C23H30N4OS. The molecule has 4 rings (SSSR count). The summed E-state index contributed by atoms with van der Waals surface area (Å²) in [4.78, 5) is 3.52. The zero-order chi connectivity index (χ0) is 20.8. The van der Waals surface area contributed by atoms with E-state index in [1.54, 1.807) is 17.8 Å². The Morgan fingerprint density at radius 3 is 2.41 bits per heavy atom. The number of benzene rings is 2. The van der Waals surface area contributed by atoms with Crippen molar-refractivity contribution in [2.75, 3.05) is 31.6 Å². The van der Waals surface area contributed by atoms with Gasteiger partial charge in [-0.1, -0.05) is 31.0 Å². The van der Waals surface area contributed by atoms with Crippen molar-refractivity contribution in [2.24, 2.45) is 0 Å². The van der Waals surface area contributed by atoms with Crippen molar-refractivity contribution in [3.8, 4) is 17.0 Å². The molecule has 2 aromatic carbocycles. The summed E-state index contributed by atoms with van der Waals surface area (Å²) < 4.78 is 0. The van der Waals surface area contributed by atoms with Gasteiger partial charge in [0.05, 0.1) is 0 Å². The molecule has 0 atom stereocenters.